The summed E-state index contributed by atoms with van der Waals surface area (Å²) in [5.74, 6) is -0.266. The first-order valence-electron chi connectivity index (χ1n) is 8.66. The maximum Gasteiger partial charge on any atom is 0.302 e. The third-order valence-electron chi connectivity index (χ3n) is 5.50. The average molecular weight is 338 g/mol. The molecule has 0 radical (unpaired) electrons. The van der Waals surface area contributed by atoms with Crippen LogP contribution in [0.15, 0.2) is 24.3 Å². The average Bonchev–Trinajstić information content (AvgIpc) is 2.77. The molecule has 0 aliphatic heterocycles. The van der Waals surface area contributed by atoms with Gasteiger partial charge in [-0.15, -0.1) is 0 Å². The van der Waals surface area contributed by atoms with Crippen LogP contribution in [0.25, 0.3) is 11.1 Å². The van der Waals surface area contributed by atoms with E-state index in [1.165, 1.54) is 51.4 Å². The minimum atomic E-state index is -0.456. The Balaban J connectivity index is 2.32. The second-order valence-corrected chi connectivity index (χ2v) is 7.26. The molecule has 1 aliphatic rings. The van der Waals surface area contributed by atoms with Crippen LogP contribution in [0.3, 0.4) is 0 Å². The van der Waals surface area contributed by atoms with Crippen LogP contribution in [0, 0.1) is 27.7 Å². The SMILES string of the molecule is COCC1(COC(C)=O)c2cc(C)c(C)cc2-c2cc(C)c(C)cc21. The first kappa shape index (κ1) is 17.7. The van der Waals surface area contributed by atoms with E-state index in [1.54, 1.807) is 7.11 Å². The lowest BCUT2D eigenvalue weighted by Crippen LogP contribution is -2.37. The number of hydrogen-bond donors (Lipinski definition) is 0. The summed E-state index contributed by atoms with van der Waals surface area (Å²) in [5.41, 5.74) is 9.40. The van der Waals surface area contributed by atoms with Crippen molar-refractivity contribution >= 4 is 5.97 Å². The summed E-state index contributed by atoms with van der Waals surface area (Å²) in [6, 6.07) is 8.97. The fourth-order valence-corrected chi connectivity index (χ4v) is 3.84. The van der Waals surface area contributed by atoms with Gasteiger partial charge in [-0.3, -0.25) is 4.79 Å². The van der Waals surface area contributed by atoms with Gasteiger partial charge in [0.05, 0.1) is 12.0 Å². The molecule has 2 aromatic rings. The normalized spacial score (nSPS) is 14.2. The molecule has 1 aliphatic carbocycles. The Bertz CT molecular complexity index is 791. The number of carbonyl (C=O) groups excluding carboxylic acids is 1. The molecular formula is C22H26O3. The minimum absolute atomic E-state index is 0.266. The Morgan fingerprint density at radius 1 is 0.840 bits per heavy atom. The fourth-order valence-electron chi connectivity index (χ4n) is 3.84. The summed E-state index contributed by atoms with van der Waals surface area (Å²) in [5, 5.41) is 0. The second kappa shape index (κ2) is 6.30. The summed E-state index contributed by atoms with van der Waals surface area (Å²) in [4.78, 5) is 11.5. The summed E-state index contributed by atoms with van der Waals surface area (Å²) in [6.07, 6.45) is 0. The van der Waals surface area contributed by atoms with Crippen LogP contribution >= 0.6 is 0 Å². The maximum absolute atomic E-state index is 11.5. The zero-order valence-electron chi connectivity index (χ0n) is 15.9. The molecule has 0 saturated heterocycles. The van der Waals surface area contributed by atoms with Crippen molar-refractivity contribution in [3.8, 4) is 11.1 Å². The number of fused-ring (bicyclic) bond motifs is 3. The third-order valence-corrected chi connectivity index (χ3v) is 5.50. The van der Waals surface area contributed by atoms with E-state index in [9.17, 15) is 4.79 Å². The topological polar surface area (TPSA) is 35.5 Å². The molecule has 0 heterocycles. The number of carbonyl (C=O) groups is 1. The third kappa shape index (κ3) is 2.77. The van der Waals surface area contributed by atoms with E-state index in [2.05, 4.69) is 52.0 Å². The van der Waals surface area contributed by atoms with Gasteiger partial charge in [0.15, 0.2) is 0 Å². The van der Waals surface area contributed by atoms with Gasteiger partial charge in [-0.25, -0.2) is 0 Å². The van der Waals surface area contributed by atoms with Crippen molar-refractivity contribution in [1.29, 1.82) is 0 Å². The van der Waals surface area contributed by atoms with E-state index >= 15 is 0 Å². The number of methoxy groups -OCH3 is 1. The lowest BCUT2D eigenvalue weighted by Gasteiger charge is -2.31. The summed E-state index contributed by atoms with van der Waals surface area (Å²) in [6.45, 7) is 10.7. The van der Waals surface area contributed by atoms with Gasteiger partial charge < -0.3 is 9.47 Å². The molecule has 3 rings (SSSR count). The van der Waals surface area contributed by atoms with E-state index in [1.807, 2.05) is 0 Å². The zero-order valence-corrected chi connectivity index (χ0v) is 15.9. The van der Waals surface area contributed by atoms with Gasteiger partial charge in [0.1, 0.15) is 6.61 Å². The van der Waals surface area contributed by atoms with E-state index < -0.39 is 5.41 Å². The van der Waals surface area contributed by atoms with Gasteiger partial charge in [0.2, 0.25) is 0 Å². The van der Waals surface area contributed by atoms with Crippen molar-refractivity contribution in [1.82, 2.24) is 0 Å². The molecule has 3 heteroatoms. The van der Waals surface area contributed by atoms with Crippen LogP contribution in [-0.4, -0.2) is 26.3 Å². The van der Waals surface area contributed by atoms with Crippen molar-refractivity contribution in [3.63, 3.8) is 0 Å². The van der Waals surface area contributed by atoms with Gasteiger partial charge in [-0.05, 0) is 72.2 Å². The van der Waals surface area contributed by atoms with Crippen molar-refractivity contribution in [2.45, 2.75) is 40.0 Å². The largest absolute Gasteiger partial charge is 0.464 e. The van der Waals surface area contributed by atoms with Gasteiger partial charge in [-0.2, -0.15) is 0 Å². The number of aryl methyl sites for hydroxylation is 4. The molecule has 0 bridgehead atoms. The van der Waals surface area contributed by atoms with Crippen molar-refractivity contribution in [3.05, 3.63) is 57.6 Å². The minimum Gasteiger partial charge on any atom is -0.464 e. The van der Waals surface area contributed by atoms with Gasteiger partial charge in [-0.1, -0.05) is 24.3 Å². The molecular weight excluding hydrogens is 312 g/mol. The zero-order chi connectivity index (χ0) is 18.4. The van der Waals surface area contributed by atoms with Gasteiger partial charge >= 0.3 is 5.97 Å². The monoisotopic (exact) mass is 338 g/mol. The molecule has 0 N–H and O–H groups in total. The molecule has 0 aromatic heterocycles. The summed E-state index contributed by atoms with van der Waals surface area (Å²) < 4.78 is 11.1. The molecule has 25 heavy (non-hydrogen) atoms. The first-order chi connectivity index (χ1) is 11.8. The standard InChI is InChI=1S/C22H26O3/c1-13-7-18-19-8-14(2)16(4)10-21(19)22(11-24-6,12-25-17(5)23)20(18)9-15(13)3/h7-10H,11-12H2,1-6H3. The Labute approximate surface area is 150 Å². The van der Waals surface area contributed by atoms with Crippen LogP contribution in [0.4, 0.5) is 0 Å². The lowest BCUT2D eigenvalue weighted by atomic mass is 9.78. The number of ether oxygens (including phenoxy) is 2. The van der Waals surface area contributed by atoms with Crippen LogP contribution in [0.5, 0.6) is 0 Å². The molecule has 0 spiro atoms. The number of benzene rings is 2. The maximum atomic E-state index is 11.5. The predicted octanol–water partition coefficient (Wildman–Crippen LogP) is 4.40. The molecule has 0 atom stereocenters. The highest BCUT2D eigenvalue weighted by atomic mass is 16.5. The van der Waals surface area contributed by atoms with E-state index in [4.69, 9.17) is 9.47 Å². The van der Waals surface area contributed by atoms with Gasteiger partial charge in [0, 0.05) is 14.0 Å². The van der Waals surface area contributed by atoms with Crippen LogP contribution in [0.1, 0.15) is 40.3 Å². The van der Waals surface area contributed by atoms with E-state index in [-0.39, 0.29) is 5.97 Å². The quantitative estimate of drug-likeness (QED) is 0.775. The highest BCUT2D eigenvalue weighted by Gasteiger charge is 2.45. The molecule has 0 unspecified atom stereocenters. The van der Waals surface area contributed by atoms with Crippen LogP contribution < -0.4 is 0 Å². The van der Waals surface area contributed by atoms with Crippen LogP contribution in [0.2, 0.25) is 0 Å². The van der Waals surface area contributed by atoms with Gasteiger partial charge in [0.25, 0.3) is 0 Å². The lowest BCUT2D eigenvalue weighted by molar-refractivity contribution is -0.143. The van der Waals surface area contributed by atoms with Crippen LogP contribution in [-0.2, 0) is 19.7 Å². The molecule has 0 fully saturated rings. The molecule has 132 valence electrons. The van der Waals surface area contributed by atoms with E-state index in [0.717, 1.165) is 0 Å². The first-order valence-corrected chi connectivity index (χ1v) is 8.66. The summed E-state index contributed by atoms with van der Waals surface area (Å²) in [7, 11) is 1.70. The Morgan fingerprint density at radius 3 is 1.68 bits per heavy atom. The van der Waals surface area contributed by atoms with Crippen molar-refractivity contribution < 1.29 is 14.3 Å². The molecule has 0 amide bonds. The molecule has 3 nitrogen and oxygen atoms in total. The highest BCUT2D eigenvalue weighted by Crippen LogP contribution is 2.51. The highest BCUT2D eigenvalue weighted by molar-refractivity contribution is 5.83. The number of hydrogen-bond acceptors (Lipinski definition) is 3. The van der Waals surface area contributed by atoms with E-state index in [0.29, 0.717) is 13.2 Å². The Morgan fingerprint density at radius 2 is 1.28 bits per heavy atom. The summed E-state index contributed by atoms with van der Waals surface area (Å²) >= 11 is 0. The van der Waals surface area contributed by atoms with Crippen molar-refractivity contribution in [2.24, 2.45) is 0 Å². The fraction of sp³-hybridized carbons (Fsp3) is 0.409. The van der Waals surface area contributed by atoms with Crippen molar-refractivity contribution in [2.75, 3.05) is 20.3 Å². The molecule has 2 aromatic carbocycles. The predicted molar refractivity (Wildman–Crippen MR) is 100 cm³/mol. The molecule has 0 saturated carbocycles. The Hall–Kier alpha value is -2.13. The second-order valence-electron chi connectivity index (χ2n) is 7.26. The number of rotatable bonds is 4. The number of esters is 1. The smallest absolute Gasteiger partial charge is 0.302 e. The Kier molecular flexibility index (Phi) is 4.46.